The number of aromatic nitrogens is 2. The molecule has 0 amide bonds. The Morgan fingerprint density at radius 2 is 2.00 bits per heavy atom. The number of aryl methyl sites for hydroxylation is 2. The Balaban J connectivity index is 2.56. The second kappa shape index (κ2) is 6.53. The van der Waals surface area contributed by atoms with Crippen molar-refractivity contribution in [2.75, 3.05) is 5.32 Å². The fraction of sp³-hybridized carbons (Fsp3) is 0.333. The van der Waals surface area contributed by atoms with E-state index in [4.69, 9.17) is 0 Å². The molecule has 3 nitrogen and oxygen atoms in total. The van der Waals surface area contributed by atoms with Gasteiger partial charge in [-0.05, 0) is 51.8 Å². The topological polar surface area (TPSA) is 37.8 Å². The van der Waals surface area contributed by atoms with Crippen molar-refractivity contribution < 1.29 is 0 Å². The Morgan fingerprint density at radius 3 is 2.62 bits per heavy atom. The third-order valence-corrected chi connectivity index (χ3v) is 3.57. The summed E-state index contributed by atoms with van der Waals surface area (Å²) in [6.45, 7) is 10.4. The molecule has 0 aliphatic rings. The van der Waals surface area contributed by atoms with E-state index < -0.39 is 0 Å². The first-order chi connectivity index (χ1) is 10.1. The van der Waals surface area contributed by atoms with Gasteiger partial charge in [0.2, 0.25) is 0 Å². The van der Waals surface area contributed by atoms with Crippen molar-refractivity contribution >= 4 is 23.2 Å². The SMILES string of the molecule is C/C=c1/c(Nc2cccc(CC)c2)nnc(C)c1=C(C)C. The normalized spacial score (nSPS) is 11.6. The maximum atomic E-state index is 4.34. The molecule has 0 atom stereocenters. The molecule has 1 aromatic carbocycles. The van der Waals surface area contributed by atoms with Gasteiger partial charge in [0.05, 0.1) is 5.69 Å². The second-order valence-corrected chi connectivity index (χ2v) is 5.39. The summed E-state index contributed by atoms with van der Waals surface area (Å²) in [4.78, 5) is 0. The van der Waals surface area contributed by atoms with Crippen molar-refractivity contribution in [2.45, 2.75) is 41.0 Å². The first kappa shape index (κ1) is 15.2. The molecule has 0 bridgehead atoms. The summed E-state index contributed by atoms with van der Waals surface area (Å²) >= 11 is 0. The molecule has 0 unspecified atom stereocenters. The summed E-state index contributed by atoms with van der Waals surface area (Å²) in [7, 11) is 0. The zero-order chi connectivity index (χ0) is 15.4. The number of nitrogens with one attached hydrogen (secondary N) is 1. The molecule has 1 heterocycles. The van der Waals surface area contributed by atoms with Crippen LogP contribution in [0.1, 0.15) is 39.0 Å². The molecule has 1 N–H and O–H groups in total. The van der Waals surface area contributed by atoms with Gasteiger partial charge in [-0.1, -0.05) is 30.7 Å². The van der Waals surface area contributed by atoms with Crippen LogP contribution in [-0.2, 0) is 6.42 Å². The first-order valence-corrected chi connectivity index (χ1v) is 7.40. The lowest BCUT2D eigenvalue weighted by molar-refractivity contribution is 0.957. The molecule has 2 rings (SSSR count). The van der Waals surface area contributed by atoms with Gasteiger partial charge in [0, 0.05) is 16.1 Å². The smallest absolute Gasteiger partial charge is 0.160 e. The van der Waals surface area contributed by atoms with Crippen LogP contribution in [0.15, 0.2) is 24.3 Å². The zero-order valence-electron chi connectivity index (χ0n) is 13.5. The lowest BCUT2D eigenvalue weighted by Gasteiger charge is -2.09. The lowest BCUT2D eigenvalue weighted by Crippen LogP contribution is -2.33. The van der Waals surface area contributed by atoms with E-state index in [0.29, 0.717) is 0 Å². The van der Waals surface area contributed by atoms with Crippen molar-refractivity contribution in [3.8, 4) is 0 Å². The molecule has 0 radical (unpaired) electrons. The van der Waals surface area contributed by atoms with Crippen LogP contribution in [0.2, 0.25) is 0 Å². The molecule has 1 aromatic heterocycles. The molecule has 3 heteroatoms. The molecule has 0 fully saturated rings. The Morgan fingerprint density at radius 1 is 1.24 bits per heavy atom. The van der Waals surface area contributed by atoms with Gasteiger partial charge < -0.3 is 5.32 Å². The van der Waals surface area contributed by atoms with Gasteiger partial charge in [0.1, 0.15) is 0 Å². The quantitative estimate of drug-likeness (QED) is 0.939. The van der Waals surface area contributed by atoms with Crippen LogP contribution in [0.5, 0.6) is 0 Å². The largest absolute Gasteiger partial charge is 0.338 e. The molecule has 0 spiro atoms. The van der Waals surface area contributed by atoms with E-state index >= 15 is 0 Å². The maximum Gasteiger partial charge on any atom is 0.160 e. The Labute approximate surface area is 126 Å². The van der Waals surface area contributed by atoms with Crippen molar-refractivity contribution in [3.63, 3.8) is 0 Å². The van der Waals surface area contributed by atoms with E-state index in [2.05, 4.69) is 66.6 Å². The predicted octanol–water partition coefficient (Wildman–Crippen LogP) is 3.08. The number of rotatable bonds is 3. The van der Waals surface area contributed by atoms with Gasteiger partial charge in [-0.3, -0.25) is 0 Å². The van der Waals surface area contributed by atoms with E-state index in [1.807, 2.05) is 13.8 Å². The van der Waals surface area contributed by atoms with E-state index in [9.17, 15) is 0 Å². The second-order valence-electron chi connectivity index (χ2n) is 5.39. The van der Waals surface area contributed by atoms with E-state index in [-0.39, 0.29) is 0 Å². The molecule has 0 saturated carbocycles. The van der Waals surface area contributed by atoms with Crippen molar-refractivity contribution in [1.82, 2.24) is 10.2 Å². The molecule has 0 saturated heterocycles. The monoisotopic (exact) mass is 281 g/mol. The van der Waals surface area contributed by atoms with E-state index in [0.717, 1.165) is 28.8 Å². The number of nitrogens with zero attached hydrogens (tertiary/aromatic N) is 2. The van der Waals surface area contributed by atoms with Crippen LogP contribution in [0.4, 0.5) is 11.5 Å². The Hall–Kier alpha value is -2.16. The summed E-state index contributed by atoms with van der Waals surface area (Å²) < 4.78 is 0. The van der Waals surface area contributed by atoms with Crippen LogP contribution in [0.3, 0.4) is 0 Å². The van der Waals surface area contributed by atoms with Gasteiger partial charge in [0.25, 0.3) is 0 Å². The van der Waals surface area contributed by atoms with Crippen LogP contribution >= 0.6 is 0 Å². The van der Waals surface area contributed by atoms with Crippen molar-refractivity contribution in [3.05, 3.63) is 46.0 Å². The fourth-order valence-corrected chi connectivity index (χ4v) is 2.55. The molecular weight excluding hydrogens is 258 g/mol. The molecule has 21 heavy (non-hydrogen) atoms. The number of hydrogen-bond acceptors (Lipinski definition) is 3. The Bertz CT molecular complexity index is 757. The molecule has 110 valence electrons. The van der Waals surface area contributed by atoms with Gasteiger partial charge in [-0.15, -0.1) is 5.10 Å². The van der Waals surface area contributed by atoms with Crippen LogP contribution in [0, 0.1) is 6.92 Å². The fourth-order valence-electron chi connectivity index (χ4n) is 2.55. The summed E-state index contributed by atoms with van der Waals surface area (Å²) in [6.07, 6.45) is 3.12. The van der Waals surface area contributed by atoms with Gasteiger partial charge in [-0.25, -0.2) is 0 Å². The maximum absolute atomic E-state index is 4.34. The molecule has 2 aromatic rings. The predicted molar refractivity (Wildman–Crippen MR) is 90.0 cm³/mol. The third-order valence-electron chi connectivity index (χ3n) is 3.57. The highest BCUT2D eigenvalue weighted by Gasteiger charge is 2.04. The minimum absolute atomic E-state index is 0.813. The molecular formula is C18H23N3. The summed E-state index contributed by atoms with van der Waals surface area (Å²) in [5.41, 5.74) is 4.58. The average Bonchev–Trinajstić information content (AvgIpc) is 2.48. The summed E-state index contributed by atoms with van der Waals surface area (Å²) in [5.74, 6) is 0.813. The standard InChI is InChI=1S/C18H23N3/c1-6-14-9-8-10-15(11-14)19-18-16(7-2)17(12(3)4)13(5)20-21-18/h7-11H,6H2,1-5H3,(H,19,21)/b16-7+. The van der Waals surface area contributed by atoms with Gasteiger partial charge in [-0.2, -0.15) is 5.10 Å². The van der Waals surface area contributed by atoms with Crippen LogP contribution in [-0.4, -0.2) is 10.2 Å². The minimum Gasteiger partial charge on any atom is -0.338 e. The van der Waals surface area contributed by atoms with Crippen LogP contribution in [0.25, 0.3) is 11.6 Å². The number of hydrogen-bond donors (Lipinski definition) is 1. The third kappa shape index (κ3) is 3.30. The van der Waals surface area contributed by atoms with Gasteiger partial charge >= 0.3 is 0 Å². The highest BCUT2D eigenvalue weighted by molar-refractivity contribution is 5.59. The highest BCUT2D eigenvalue weighted by Crippen LogP contribution is 2.13. The van der Waals surface area contributed by atoms with Crippen molar-refractivity contribution in [1.29, 1.82) is 0 Å². The average molecular weight is 281 g/mol. The zero-order valence-corrected chi connectivity index (χ0v) is 13.5. The first-order valence-electron chi connectivity index (χ1n) is 7.40. The minimum atomic E-state index is 0.813. The highest BCUT2D eigenvalue weighted by atomic mass is 15.2. The summed E-state index contributed by atoms with van der Waals surface area (Å²) in [5, 5.41) is 14.3. The molecule has 0 aliphatic heterocycles. The number of benzene rings is 1. The summed E-state index contributed by atoms with van der Waals surface area (Å²) in [6, 6.07) is 8.41. The van der Waals surface area contributed by atoms with Crippen molar-refractivity contribution in [2.24, 2.45) is 0 Å². The van der Waals surface area contributed by atoms with Gasteiger partial charge in [0.15, 0.2) is 5.82 Å². The molecule has 0 aliphatic carbocycles. The Kier molecular flexibility index (Phi) is 4.73. The van der Waals surface area contributed by atoms with E-state index in [1.54, 1.807) is 0 Å². The van der Waals surface area contributed by atoms with E-state index in [1.165, 1.54) is 16.4 Å². The lowest BCUT2D eigenvalue weighted by atomic mass is 10.1. The number of anilines is 2. The van der Waals surface area contributed by atoms with Crippen LogP contribution < -0.4 is 15.8 Å².